The molecule has 2 aromatic carbocycles. The first kappa shape index (κ1) is 29.7. The van der Waals surface area contributed by atoms with Gasteiger partial charge in [0.1, 0.15) is 11.5 Å². The molecule has 31 heavy (non-hydrogen) atoms. The lowest BCUT2D eigenvalue weighted by Crippen LogP contribution is -2.82. The molecule has 4 nitrogen and oxygen atoms in total. The zero-order valence-electron chi connectivity index (χ0n) is 20.0. The van der Waals surface area contributed by atoms with E-state index < -0.39 is 0 Å². The number of rotatable bonds is 12. The van der Waals surface area contributed by atoms with Gasteiger partial charge in [0.05, 0.1) is 13.1 Å². The molecule has 2 aromatic rings. The van der Waals surface area contributed by atoms with E-state index in [2.05, 4.69) is 31.0 Å². The first-order valence-electron chi connectivity index (χ1n) is 11.5. The first-order valence-corrected chi connectivity index (χ1v) is 13.4. The highest BCUT2D eigenvalue weighted by Gasteiger charge is 2.05. The lowest BCUT2D eigenvalue weighted by atomic mass is 10.3. The summed E-state index contributed by atoms with van der Waals surface area (Å²) in [6, 6.07) is 14.8. The Balaban J connectivity index is 0.00000113. The van der Waals surface area contributed by atoms with Crippen LogP contribution in [0.3, 0.4) is 0 Å². The van der Waals surface area contributed by atoms with Crippen molar-refractivity contribution in [2.75, 3.05) is 44.2 Å². The van der Waals surface area contributed by atoms with Crippen molar-refractivity contribution in [1.82, 2.24) is 4.90 Å². The van der Waals surface area contributed by atoms with Gasteiger partial charge in [0.15, 0.2) is 0 Å². The minimum absolute atomic E-state index is 0.318. The van der Waals surface area contributed by atoms with Crippen LogP contribution in [0.25, 0.3) is 0 Å². The Morgan fingerprint density at radius 2 is 1.06 bits per heavy atom. The molecule has 4 N–H and O–H groups in total. The van der Waals surface area contributed by atoms with Gasteiger partial charge in [-0.05, 0) is 75.3 Å². The number of nitrogens with zero attached hydrogens (tertiary/aromatic N) is 1. The van der Waals surface area contributed by atoms with E-state index in [-0.39, 0.29) is 0 Å². The van der Waals surface area contributed by atoms with Gasteiger partial charge in [-0.2, -0.15) is 0 Å². The largest absolute Gasteiger partial charge is 0.508 e. The highest BCUT2D eigenvalue weighted by atomic mass is 32.2. The lowest BCUT2D eigenvalue weighted by molar-refractivity contribution is -0.648. The summed E-state index contributed by atoms with van der Waals surface area (Å²) in [5.74, 6) is 2.74. The second-order valence-electron chi connectivity index (χ2n) is 6.63. The third kappa shape index (κ3) is 16.0. The lowest BCUT2D eigenvalue weighted by Gasteiger charge is -2.21. The van der Waals surface area contributed by atoms with E-state index >= 15 is 0 Å². The van der Waals surface area contributed by atoms with Crippen molar-refractivity contribution in [2.45, 2.75) is 50.8 Å². The number of aromatic hydroxyl groups is 2. The van der Waals surface area contributed by atoms with Gasteiger partial charge in [-0.25, -0.2) is 0 Å². The quantitative estimate of drug-likeness (QED) is 0.369. The van der Waals surface area contributed by atoms with Crippen LogP contribution in [0.1, 0.15) is 41.0 Å². The number of benzene rings is 2. The molecule has 0 amide bonds. The molecule has 2 rings (SSSR count). The smallest absolute Gasteiger partial charge is 0.115 e. The normalized spacial score (nSPS) is 10.1. The number of hydrogen-bond donors (Lipinski definition) is 3. The summed E-state index contributed by atoms with van der Waals surface area (Å²) in [7, 11) is 0. The molecule has 0 bridgehead atoms. The number of phenols is 2. The van der Waals surface area contributed by atoms with Gasteiger partial charge in [0, 0.05) is 34.4 Å². The molecule has 0 aliphatic rings. The van der Waals surface area contributed by atoms with Crippen molar-refractivity contribution in [3.05, 3.63) is 48.5 Å². The Kier molecular flexibility index (Phi) is 19.7. The van der Waals surface area contributed by atoms with E-state index in [1.54, 1.807) is 24.3 Å². The van der Waals surface area contributed by atoms with E-state index in [9.17, 15) is 10.2 Å². The zero-order chi connectivity index (χ0) is 23.3. The van der Waals surface area contributed by atoms with E-state index in [0.717, 1.165) is 37.6 Å². The van der Waals surface area contributed by atoms with Crippen LogP contribution in [0.2, 0.25) is 0 Å². The van der Waals surface area contributed by atoms with Crippen LogP contribution < -0.4 is 5.32 Å². The Bertz CT molecular complexity index is 583. The summed E-state index contributed by atoms with van der Waals surface area (Å²) < 4.78 is 0. The van der Waals surface area contributed by atoms with Crippen LogP contribution >= 0.6 is 23.5 Å². The summed E-state index contributed by atoms with van der Waals surface area (Å²) >= 11 is 3.65. The third-order valence-electron chi connectivity index (χ3n) is 4.14. The fourth-order valence-corrected chi connectivity index (χ4v) is 4.44. The minimum Gasteiger partial charge on any atom is -0.508 e. The second-order valence-corrected chi connectivity index (χ2v) is 8.97. The topological polar surface area (TPSA) is 60.3 Å². The molecule has 0 aromatic heterocycles. The van der Waals surface area contributed by atoms with E-state index in [4.69, 9.17) is 0 Å². The maximum absolute atomic E-state index is 9.31. The van der Waals surface area contributed by atoms with Gasteiger partial charge in [-0.15, -0.1) is 23.5 Å². The fraction of sp³-hybridized carbons (Fsp3) is 0.520. The fourth-order valence-electron chi connectivity index (χ4n) is 2.61. The summed E-state index contributed by atoms with van der Waals surface area (Å²) in [6.45, 7) is 16.2. The molecule has 0 heterocycles. The minimum atomic E-state index is 0.318. The molecule has 0 atom stereocenters. The van der Waals surface area contributed by atoms with E-state index in [1.165, 1.54) is 22.9 Å². The van der Waals surface area contributed by atoms with Crippen LogP contribution in [-0.2, 0) is 0 Å². The standard InChI is InChI=1S/C19H25NO2S2.C4H11N.C2H6/c1-2-11-20(12-14-23-18-7-3-16(21)4-8-18)13-15-24-19-9-5-17(22)6-10-19;1-3-5-4-2;1-2/h3-10,21-22H,2,11-15H2,1H3;5H,3-4H2,1-2H3;1-2H3/p+1. The van der Waals surface area contributed by atoms with Gasteiger partial charge < -0.3 is 20.4 Å². The maximum Gasteiger partial charge on any atom is 0.115 e. The highest BCUT2D eigenvalue weighted by Crippen LogP contribution is 2.22. The van der Waals surface area contributed by atoms with Crippen molar-refractivity contribution in [1.29, 1.82) is 0 Å². The molecule has 0 saturated carbocycles. The molecule has 0 unspecified atom stereocenters. The molecule has 6 heteroatoms. The molecule has 176 valence electrons. The summed E-state index contributed by atoms with van der Waals surface area (Å²) in [6.07, 6.45) is 1.16. The highest BCUT2D eigenvalue weighted by molar-refractivity contribution is 7.99. The predicted molar refractivity (Wildman–Crippen MR) is 139 cm³/mol. The van der Waals surface area contributed by atoms with Crippen LogP contribution in [-0.4, -0.2) is 59.3 Å². The molecular weight excluding hydrogens is 424 g/mol. The van der Waals surface area contributed by atoms with Gasteiger partial charge in [-0.3, -0.25) is 0 Å². The molecule has 0 saturated heterocycles. The Morgan fingerprint density at radius 3 is 1.35 bits per heavy atom. The Morgan fingerprint density at radius 1 is 0.677 bits per heavy atom. The van der Waals surface area contributed by atoms with Crippen LogP contribution in [0, 0.1) is 0 Å². The average molecular weight is 468 g/mol. The number of quaternary nitrogens is 1. The van der Waals surface area contributed by atoms with Gasteiger partial charge in [0.2, 0.25) is 0 Å². The third-order valence-corrected chi connectivity index (χ3v) is 6.13. The van der Waals surface area contributed by atoms with Crippen LogP contribution in [0.4, 0.5) is 0 Å². The summed E-state index contributed by atoms with van der Waals surface area (Å²) in [5.41, 5.74) is 0. The van der Waals surface area contributed by atoms with Crippen LogP contribution in [0.5, 0.6) is 11.5 Å². The monoisotopic (exact) mass is 467 g/mol. The molecule has 0 fully saturated rings. The predicted octanol–water partition coefficient (Wildman–Crippen LogP) is 5.31. The number of thioether (sulfide) groups is 2. The van der Waals surface area contributed by atoms with Crippen molar-refractivity contribution in [3.8, 4) is 11.5 Å². The van der Waals surface area contributed by atoms with Crippen molar-refractivity contribution in [3.63, 3.8) is 0 Å². The van der Waals surface area contributed by atoms with E-state index in [1.807, 2.05) is 61.6 Å². The van der Waals surface area contributed by atoms with Crippen molar-refractivity contribution >= 4 is 23.5 Å². The van der Waals surface area contributed by atoms with Crippen molar-refractivity contribution < 1.29 is 15.5 Å². The number of hydrogen-bond acceptors (Lipinski definition) is 5. The second kappa shape index (κ2) is 20.6. The number of nitrogens with two attached hydrogens (primary N) is 1. The Hall–Kier alpha value is -1.34. The summed E-state index contributed by atoms with van der Waals surface area (Å²) in [4.78, 5) is 4.89. The Labute approximate surface area is 198 Å². The number of phenolic OH excluding ortho intramolecular Hbond substituents is 2. The molecule has 0 radical (unpaired) electrons. The van der Waals surface area contributed by atoms with Crippen molar-refractivity contribution in [2.24, 2.45) is 0 Å². The van der Waals surface area contributed by atoms with Gasteiger partial charge >= 0.3 is 0 Å². The van der Waals surface area contributed by atoms with Gasteiger partial charge in [-0.1, -0.05) is 20.8 Å². The van der Waals surface area contributed by atoms with E-state index in [0.29, 0.717) is 11.5 Å². The zero-order valence-corrected chi connectivity index (χ0v) is 21.6. The molecule has 0 spiro atoms. The average Bonchev–Trinajstić information content (AvgIpc) is 2.79. The van der Waals surface area contributed by atoms with Crippen LogP contribution in [0.15, 0.2) is 58.3 Å². The summed E-state index contributed by atoms with van der Waals surface area (Å²) in [5, 5.41) is 20.9. The maximum atomic E-state index is 9.31. The first-order chi connectivity index (χ1) is 15.1. The van der Waals surface area contributed by atoms with Gasteiger partial charge in [0.25, 0.3) is 0 Å². The molecular formula is C25H43N2O2S2+. The molecule has 0 aliphatic heterocycles. The SMILES string of the molecule is CC.CCCN(CCSc1ccc(O)cc1)CCSc1ccc(O)cc1.CC[NH2+]CC. The molecule has 0 aliphatic carbocycles.